The van der Waals surface area contributed by atoms with E-state index in [0.29, 0.717) is 5.92 Å². The normalized spacial score (nSPS) is 18.6. The van der Waals surface area contributed by atoms with E-state index in [4.69, 9.17) is 0 Å². The van der Waals surface area contributed by atoms with Crippen LogP contribution in [0.5, 0.6) is 0 Å². The number of hydrogen-bond donors (Lipinski definition) is 1. The van der Waals surface area contributed by atoms with Crippen LogP contribution >= 0.6 is 0 Å². The van der Waals surface area contributed by atoms with Gasteiger partial charge in [-0.25, -0.2) is 0 Å². The summed E-state index contributed by atoms with van der Waals surface area (Å²) in [6.45, 7) is 9.15. The van der Waals surface area contributed by atoms with E-state index in [0.717, 1.165) is 43.7 Å². The maximum absolute atomic E-state index is 12.8. The number of carbonyl (C=O) groups excluding carboxylic acids is 1. The topological polar surface area (TPSA) is 32.3 Å². The molecular weight excluding hydrogens is 260 g/mol. The Bertz CT molecular complexity index is 484. The van der Waals surface area contributed by atoms with Crippen LogP contribution in [-0.4, -0.2) is 30.4 Å². The minimum absolute atomic E-state index is 0.187. The van der Waals surface area contributed by atoms with E-state index in [1.54, 1.807) is 0 Å². The van der Waals surface area contributed by atoms with Crippen molar-refractivity contribution in [2.24, 2.45) is 5.92 Å². The van der Waals surface area contributed by atoms with E-state index < -0.39 is 0 Å². The fraction of sp³-hybridized carbons (Fsp3) is 0.611. The molecule has 0 spiro atoms. The summed E-state index contributed by atoms with van der Waals surface area (Å²) < 4.78 is 0. The van der Waals surface area contributed by atoms with E-state index in [2.05, 4.69) is 32.2 Å². The largest absolute Gasteiger partial charge is 0.384 e. The molecule has 0 radical (unpaired) electrons. The summed E-state index contributed by atoms with van der Waals surface area (Å²) in [5.74, 6) is 0.854. The number of nitrogens with zero attached hydrogens (tertiary/aromatic N) is 1. The van der Waals surface area contributed by atoms with E-state index in [1.165, 1.54) is 18.4 Å². The Morgan fingerprint density at radius 3 is 2.90 bits per heavy atom. The van der Waals surface area contributed by atoms with Crippen molar-refractivity contribution in [3.05, 3.63) is 29.3 Å². The standard InChI is InChI=1S/C18H28N2O/c1-4-10-19-17-12-14(3)8-9-16(17)18(21)20-11-6-7-15(5-2)13-20/h8-9,12,15,19H,4-7,10-11,13H2,1-3H3. The van der Waals surface area contributed by atoms with Crippen molar-refractivity contribution >= 4 is 11.6 Å². The second-order valence-corrected chi connectivity index (χ2v) is 6.14. The zero-order chi connectivity index (χ0) is 15.2. The summed E-state index contributed by atoms with van der Waals surface area (Å²) in [7, 11) is 0. The van der Waals surface area contributed by atoms with Crippen LogP contribution in [0.4, 0.5) is 5.69 Å². The summed E-state index contributed by atoms with van der Waals surface area (Å²) in [6, 6.07) is 6.10. The van der Waals surface area contributed by atoms with Crippen LogP contribution < -0.4 is 5.32 Å². The molecule has 1 saturated heterocycles. The molecule has 1 heterocycles. The molecule has 0 aromatic heterocycles. The zero-order valence-corrected chi connectivity index (χ0v) is 13.6. The number of aryl methyl sites for hydroxylation is 1. The summed E-state index contributed by atoms with van der Waals surface area (Å²) >= 11 is 0. The highest BCUT2D eigenvalue weighted by Gasteiger charge is 2.24. The maximum atomic E-state index is 12.8. The van der Waals surface area contributed by atoms with Gasteiger partial charge in [0, 0.05) is 25.3 Å². The monoisotopic (exact) mass is 288 g/mol. The lowest BCUT2D eigenvalue weighted by atomic mass is 9.95. The Morgan fingerprint density at radius 2 is 2.19 bits per heavy atom. The molecule has 21 heavy (non-hydrogen) atoms. The second kappa shape index (κ2) is 7.48. The summed E-state index contributed by atoms with van der Waals surface area (Å²) in [5, 5.41) is 3.40. The first-order valence-corrected chi connectivity index (χ1v) is 8.29. The van der Waals surface area contributed by atoms with Crippen LogP contribution in [0.1, 0.15) is 55.5 Å². The number of amides is 1. The van der Waals surface area contributed by atoms with Crippen molar-refractivity contribution in [3.8, 4) is 0 Å². The zero-order valence-electron chi connectivity index (χ0n) is 13.6. The number of benzene rings is 1. The van der Waals surface area contributed by atoms with Gasteiger partial charge in [-0.2, -0.15) is 0 Å². The van der Waals surface area contributed by atoms with Crippen molar-refractivity contribution in [1.82, 2.24) is 4.90 Å². The van der Waals surface area contributed by atoms with Gasteiger partial charge in [-0.15, -0.1) is 0 Å². The lowest BCUT2D eigenvalue weighted by Crippen LogP contribution is -2.40. The minimum atomic E-state index is 0.187. The average molecular weight is 288 g/mol. The van der Waals surface area contributed by atoms with Crippen LogP contribution in [0.2, 0.25) is 0 Å². The molecule has 1 aliphatic rings. The first kappa shape index (κ1) is 15.9. The third kappa shape index (κ3) is 3.99. The predicted molar refractivity (Wildman–Crippen MR) is 88.9 cm³/mol. The van der Waals surface area contributed by atoms with Gasteiger partial charge in [0.1, 0.15) is 0 Å². The smallest absolute Gasteiger partial charge is 0.255 e. The van der Waals surface area contributed by atoms with Crippen LogP contribution in [0.3, 0.4) is 0 Å². The van der Waals surface area contributed by atoms with Gasteiger partial charge in [-0.1, -0.05) is 26.3 Å². The molecule has 3 heteroatoms. The van der Waals surface area contributed by atoms with Crippen molar-refractivity contribution in [2.75, 3.05) is 25.0 Å². The van der Waals surface area contributed by atoms with Crippen LogP contribution in [0.25, 0.3) is 0 Å². The Labute approximate surface area is 128 Å². The first-order chi connectivity index (χ1) is 10.2. The number of piperidine rings is 1. The van der Waals surface area contributed by atoms with Gasteiger partial charge in [-0.05, 0) is 49.8 Å². The SMILES string of the molecule is CCCNc1cc(C)ccc1C(=O)N1CCCC(CC)C1. The highest BCUT2D eigenvalue weighted by Crippen LogP contribution is 2.24. The number of likely N-dealkylation sites (tertiary alicyclic amines) is 1. The lowest BCUT2D eigenvalue weighted by Gasteiger charge is -2.32. The Morgan fingerprint density at radius 1 is 1.38 bits per heavy atom. The number of anilines is 1. The van der Waals surface area contributed by atoms with E-state index in [-0.39, 0.29) is 5.91 Å². The molecule has 0 saturated carbocycles. The van der Waals surface area contributed by atoms with Crippen molar-refractivity contribution in [3.63, 3.8) is 0 Å². The van der Waals surface area contributed by atoms with Crippen molar-refractivity contribution in [1.29, 1.82) is 0 Å². The van der Waals surface area contributed by atoms with Gasteiger partial charge >= 0.3 is 0 Å². The molecule has 1 aromatic rings. The van der Waals surface area contributed by atoms with Crippen LogP contribution in [-0.2, 0) is 0 Å². The average Bonchev–Trinajstić information content (AvgIpc) is 2.52. The molecule has 1 unspecified atom stereocenters. The number of rotatable bonds is 5. The summed E-state index contributed by atoms with van der Waals surface area (Å²) in [6.07, 6.45) is 4.62. The summed E-state index contributed by atoms with van der Waals surface area (Å²) in [4.78, 5) is 14.9. The van der Waals surface area contributed by atoms with E-state index >= 15 is 0 Å². The fourth-order valence-electron chi connectivity index (χ4n) is 3.00. The van der Waals surface area contributed by atoms with Gasteiger partial charge < -0.3 is 10.2 Å². The molecule has 116 valence electrons. The molecular formula is C18H28N2O. The van der Waals surface area contributed by atoms with Gasteiger partial charge in [-0.3, -0.25) is 4.79 Å². The first-order valence-electron chi connectivity index (χ1n) is 8.29. The van der Waals surface area contributed by atoms with E-state index in [1.807, 2.05) is 17.0 Å². The third-order valence-corrected chi connectivity index (χ3v) is 4.35. The van der Waals surface area contributed by atoms with Crippen LogP contribution in [0, 0.1) is 12.8 Å². The van der Waals surface area contributed by atoms with Gasteiger partial charge in [0.25, 0.3) is 5.91 Å². The lowest BCUT2D eigenvalue weighted by molar-refractivity contribution is 0.0672. The third-order valence-electron chi connectivity index (χ3n) is 4.35. The van der Waals surface area contributed by atoms with Crippen molar-refractivity contribution in [2.45, 2.75) is 46.5 Å². The molecule has 1 aromatic carbocycles. The molecule has 1 amide bonds. The van der Waals surface area contributed by atoms with Gasteiger partial charge in [0.15, 0.2) is 0 Å². The molecule has 0 aliphatic carbocycles. The van der Waals surface area contributed by atoms with Gasteiger partial charge in [0.05, 0.1) is 5.56 Å². The van der Waals surface area contributed by atoms with E-state index in [9.17, 15) is 4.79 Å². The molecule has 1 aliphatic heterocycles. The molecule has 3 nitrogen and oxygen atoms in total. The molecule has 2 rings (SSSR count). The Kier molecular flexibility index (Phi) is 5.66. The highest BCUT2D eigenvalue weighted by molar-refractivity contribution is 5.99. The maximum Gasteiger partial charge on any atom is 0.255 e. The number of hydrogen-bond acceptors (Lipinski definition) is 2. The Balaban J connectivity index is 2.17. The molecule has 1 N–H and O–H groups in total. The number of nitrogens with one attached hydrogen (secondary N) is 1. The Hall–Kier alpha value is -1.51. The fourth-order valence-corrected chi connectivity index (χ4v) is 3.00. The molecule has 1 atom stereocenters. The van der Waals surface area contributed by atoms with Gasteiger partial charge in [0.2, 0.25) is 0 Å². The van der Waals surface area contributed by atoms with Crippen LogP contribution in [0.15, 0.2) is 18.2 Å². The minimum Gasteiger partial charge on any atom is -0.384 e. The highest BCUT2D eigenvalue weighted by atomic mass is 16.2. The van der Waals surface area contributed by atoms with Crippen molar-refractivity contribution < 1.29 is 4.79 Å². The quantitative estimate of drug-likeness (QED) is 0.885. The predicted octanol–water partition coefficient (Wildman–Crippen LogP) is 4.08. The summed E-state index contributed by atoms with van der Waals surface area (Å²) in [5.41, 5.74) is 3.00. The number of carbonyl (C=O) groups is 1. The molecule has 1 fully saturated rings. The second-order valence-electron chi connectivity index (χ2n) is 6.14. The molecule has 0 bridgehead atoms.